The van der Waals surface area contributed by atoms with Crippen LogP contribution in [0.25, 0.3) is 0 Å². The summed E-state index contributed by atoms with van der Waals surface area (Å²) in [7, 11) is 0. The Labute approximate surface area is 102 Å². The maximum atomic E-state index is 11.5. The number of anilines is 1. The van der Waals surface area contributed by atoms with Gasteiger partial charge in [0, 0.05) is 26.1 Å². The molecule has 1 saturated heterocycles. The zero-order valence-electron chi connectivity index (χ0n) is 10.2. The van der Waals surface area contributed by atoms with Crippen molar-refractivity contribution in [3.05, 3.63) is 24.0 Å². The Balaban J connectivity index is 2.08. The summed E-state index contributed by atoms with van der Waals surface area (Å²) < 4.78 is 5.41. The number of hydrogen-bond donors (Lipinski definition) is 0. The lowest BCUT2D eigenvalue weighted by Crippen LogP contribution is -2.26. The maximum absolute atomic E-state index is 11.5. The highest BCUT2D eigenvalue weighted by Crippen LogP contribution is 2.15. The summed E-state index contributed by atoms with van der Waals surface area (Å²) in [5.74, 6) is 0.0933. The van der Waals surface area contributed by atoms with Gasteiger partial charge in [-0.15, -0.1) is 0 Å². The first kappa shape index (κ1) is 12.0. The molecule has 1 aromatic rings. The number of carbonyl (C=O) groups excluding carboxylic acids is 1. The third-order valence-electron chi connectivity index (χ3n) is 2.94. The highest BCUT2D eigenvalue weighted by molar-refractivity contribution is 5.94. The molecule has 1 aliphatic rings. The molecule has 0 saturated carbocycles. The van der Waals surface area contributed by atoms with Crippen LogP contribution in [0.15, 0.2) is 18.3 Å². The molecule has 4 heteroatoms. The molecule has 0 unspecified atom stereocenters. The molecule has 2 rings (SSSR count). The van der Waals surface area contributed by atoms with E-state index in [1.54, 1.807) is 6.20 Å². The molecule has 17 heavy (non-hydrogen) atoms. The van der Waals surface area contributed by atoms with Gasteiger partial charge in [-0.2, -0.15) is 0 Å². The number of nitrogens with zero attached hydrogens (tertiary/aromatic N) is 2. The van der Waals surface area contributed by atoms with E-state index in [0.29, 0.717) is 12.1 Å². The molecule has 0 spiro atoms. The first-order valence-corrected chi connectivity index (χ1v) is 6.13. The van der Waals surface area contributed by atoms with E-state index in [2.05, 4.69) is 9.88 Å². The molecule has 0 aliphatic carbocycles. The zero-order chi connectivity index (χ0) is 12.1. The van der Waals surface area contributed by atoms with Gasteiger partial charge in [0.05, 0.1) is 18.5 Å². The van der Waals surface area contributed by atoms with Gasteiger partial charge < -0.3 is 9.64 Å². The molecule has 0 atom stereocenters. The van der Waals surface area contributed by atoms with Gasteiger partial charge in [-0.3, -0.25) is 9.78 Å². The van der Waals surface area contributed by atoms with Crippen LogP contribution in [0.2, 0.25) is 0 Å². The topological polar surface area (TPSA) is 42.4 Å². The van der Waals surface area contributed by atoms with E-state index < -0.39 is 0 Å². The third kappa shape index (κ3) is 3.03. The molecule has 2 heterocycles. The molecule has 1 aliphatic heterocycles. The van der Waals surface area contributed by atoms with Crippen molar-refractivity contribution in [3.63, 3.8) is 0 Å². The van der Waals surface area contributed by atoms with Gasteiger partial charge in [0.1, 0.15) is 5.69 Å². The third-order valence-corrected chi connectivity index (χ3v) is 2.94. The second-order valence-corrected chi connectivity index (χ2v) is 4.13. The Kier molecular flexibility index (Phi) is 4.09. The lowest BCUT2D eigenvalue weighted by molar-refractivity contribution is 0.0983. The van der Waals surface area contributed by atoms with Crippen LogP contribution in [0.5, 0.6) is 0 Å². The van der Waals surface area contributed by atoms with Gasteiger partial charge in [0.15, 0.2) is 5.78 Å². The summed E-state index contributed by atoms with van der Waals surface area (Å²) in [5, 5.41) is 0. The summed E-state index contributed by atoms with van der Waals surface area (Å²) >= 11 is 0. The molecule has 1 aromatic heterocycles. The van der Waals surface area contributed by atoms with E-state index in [9.17, 15) is 4.79 Å². The monoisotopic (exact) mass is 234 g/mol. The summed E-state index contributed by atoms with van der Waals surface area (Å²) in [6.45, 7) is 5.32. The average molecular weight is 234 g/mol. The molecule has 0 bridgehead atoms. The molecule has 92 valence electrons. The standard InChI is InChI=1S/C13H18N2O2/c1-2-13(16)12-5-4-11(10-14-12)15-6-3-8-17-9-7-15/h4-5,10H,2-3,6-9H2,1H3. The summed E-state index contributed by atoms with van der Waals surface area (Å²) in [5.41, 5.74) is 1.63. The Morgan fingerprint density at radius 1 is 1.41 bits per heavy atom. The molecular formula is C13H18N2O2. The molecule has 0 amide bonds. The van der Waals surface area contributed by atoms with Crippen molar-refractivity contribution in [2.24, 2.45) is 0 Å². The van der Waals surface area contributed by atoms with Crippen LogP contribution < -0.4 is 4.90 Å². The number of hydrogen-bond acceptors (Lipinski definition) is 4. The van der Waals surface area contributed by atoms with E-state index in [4.69, 9.17) is 4.74 Å². The first-order chi connectivity index (χ1) is 8.31. The second-order valence-electron chi connectivity index (χ2n) is 4.13. The van der Waals surface area contributed by atoms with Gasteiger partial charge in [-0.1, -0.05) is 6.92 Å². The number of Topliss-reactive ketones (excluding diaryl/α,β-unsaturated/α-hetero) is 1. The molecule has 0 N–H and O–H groups in total. The lowest BCUT2D eigenvalue weighted by atomic mass is 10.2. The molecule has 0 aromatic carbocycles. The van der Waals surface area contributed by atoms with Gasteiger partial charge in [-0.25, -0.2) is 0 Å². The first-order valence-electron chi connectivity index (χ1n) is 6.13. The van der Waals surface area contributed by atoms with E-state index in [0.717, 1.165) is 38.4 Å². The summed E-state index contributed by atoms with van der Waals surface area (Å²) in [4.78, 5) is 17.9. The Morgan fingerprint density at radius 3 is 3.00 bits per heavy atom. The predicted octanol–water partition coefficient (Wildman–Crippen LogP) is 1.90. The van der Waals surface area contributed by atoms with E-state index in [-0.39, 0.29) is 5.78 Å². The Bertz CT molecular complexity index is 368. The largest absolute Gasteiger partial charge is 0.380 e. The van der Waals surface area contributed by atoms with Crippen molar-refractivity contribution in [1.29, 1.82) is 0 Å². The summed E-state index contributed by atoms with van der Waals surface area (Å²) in [6, 6.07) is 3.79. The zero-order valence-corrected chi connectivity index (χ0v) is 10.2. The minimum Gasteiger partial charge on any atom is -0.380 e. The molecular weight excluding hydrogens is 216 g/mol. The van der Waals surface area contributed by atoms with E-state index in [1.807, 2.05) is 19.1 Å². The number of rotatable bonds is 3. The van der Waals surface area contributed by atoms with Crippen LogP contribution in [0.4, 0.5) is 5.69 Å². The number of ether oxygens (including phenoxy) is 1. The number of carbonyl (C=O) groups is 1. The quantitative estimate of drug-likeness (QED) is 0.749. The van der Waals surface area contributed by atoms with Crippen molar-refractivity contribution < 1.29 is 9.53 Å². The van der Waals surface area contributed by atoms with Crippen molar-refractivity contribution in [2.75, 3.05) is 31.2 Å². The van der Waals surface area contributed by atoms with Gasteiger partial charge in [-0.05, 0) is 18.6 Å². The van der Waals surface area contributed by atoms with Gasteiger partial charge in [0.25, 0.3) is 0 Å². The fourth-order valence-electron chi connectivity index (χ4n) is 1.92. The molecule has 1 fully saturated rings. The van der Waals surface area contributed by atoms with Crippen LogP contribution in [0.3, 0.4) is 0 Å². The highest BCUT2D eigenvalue weighted by Gasteiger charge is 2.11. The van der Waals surface area contributed by atoms with Crippen LogP contribution in [0, 0.1) is 0 Å². The van der Waals surface area contributed by atoms with Crippen molar-refractivity contribution in [1.82, 2.24) is 4.98 Å². The fourth-order valence-corrected chi connectivity index (χ4v) is 1.92. The number of pyridine rings is 1. The minimum atomic E-state index is 0.0933. The lowest BCUT2D eigenvalue weighted by Gasteiger charge is -2.21. The maximum Gasteiger partial charge on any atom is 0.180 e. The van der Waals surface area contributed by atoms with E-state index >= 15 is 0 Å². The molecule has 0 radical (unpaired) electrons. The van der Waals surface area contributed by atoms with Gasteiger partial charge >= 0.3 is 0 Å². The highest BCUT2D eigenvalue weighted by atomic mass is 16.5. The number of aromatic nitrogens is 1. The second kappa shape index (κ2) is 5.77. The fraction of sp³-hybridized carbons (Fsp3) is 0.538. The van der Waals surface area contributed by atoms with Crippen molar-refractivity contribution in [2.45, 2.75) is 19.8 Å². The van der Waals surface area contributed by atoms with Crippen LogP contribution in [0.1, 0.15) is 30.3 Å². The Morgan fingerprint density at radius 2 is 2.29 bits per heavy atom. The Hall–Kier alpha value is -1.42. The van der Waals surface area contributed by atoms with Gasteiger partial charge in [0.2, 0.25) is 0 Å². The van der Waals surface area contributed by atoms with E-state index in [1.165, 1.54) is 0 Å². The van der Waals surface area contributed by atoms with Crippen LogP contribution in [-0.4, -0.2) is 37.1 Å². The van der Waals surface area contributed by atoms with Crippen LogP contribution >= 0.6 is 0 Å². The minimum absolute atomic E-state index is 0.0933. The van der Waals surface area contributed by atoms with Crippen molar-refractivity contribution in [3.8, 4) is 0 Å². The predicted molar refractivity (Wildman–Crippen MR) is 66.5 cm³/mol. The van der Waals surface area contributed by atoms with Crippen molar-refractivity contribution >= 4 is 11.5 Å². The average Bonchev–Trinajstić information content (AvgIpc) is 2.67. The summed E-state index contributed by atoms with van der Waals surface area (Å²) in [6.07, 6.45) is 3.33. The SMILES string of the molecule is CCC(=O)c1ccc(N2CCCOCC2)cn1. The number of ketones is 1. The van der Waals surface area contributed by atoms with Crippen LogP contribution in [-0.2, 0) is 4.74 Å². The molecule has 4 nitrogen and oxygen atoms in total. The normalized spacial score (nSPS) is 16.6. The smallest absolute Gasteiger partial charge is 0.180 e.